The standard InChI is InChI=1S/C9H6F3NO2/c10-9(11,12)7(14)8-13-5-3-1-2-4-6(5)15-8/h1-4,7,14H. The number of para-hydroxylation sites is 2. The highest BCUT2D eigenvalue weighted by Gasteiger charge is 2.42. The number of alkyl halides is 3. The van der Waals surface area contributed by atoms with E-state index in [2.05, 4.69) is 4.98 Å². The maximum Gasteiger partial charge on any atom is 0.423 e. The van der Waals surface area contributed by atoms with E-state index < -0.39 is 18.2 Å². The van der Waals surface area contributed by atoms with Gasteiger partial charge >= 0.3 is 6.18 Å². The van der Waals surface area contributed by atoms with Gasteiger partial charge < -0.3 is 9.52 Å². The van der Waals surface area contributed by atoms with Gasteiger partial charge in [-0.1, -0.05) is 12.1 Å². The summed E-state index contributed by atoms with van der Waals surface area (Å²) in [6, 6.07) is 6.21. The van der Waals surface area contributed by atoms with Gasteiger partial charge in [0.2, 0.25) is 12.0 Å². The van der Waals surface area contributed by atoms with E-state index in [1.54, 1.807) is 12.1 Å². The Bertz CT molecular complexity index is 444. The van der Waals surface area contributed by atoms with Crippen molar-refractivity contribution in [2.45, 2.75) is 12.3 Å². The van der Waals surface area contributed by atoms with Crippen LogP contribution in [-0.4, -0.2) is 16.3 Å². The number of aliphatic hydroxyl groups excluding tert-OH is 1. The number of aromatic nitrogens is 1. The summed E-state index contributed by atoms with van der Waals surface area (Å²) in [5.41, 5.74) is 0.506. The molecule has 2 rings (SSSR count). The van der Waals surface area contributed by atoms with Gasteiger partial charge in [0.25, 0.3) is 0 Å². The molecule has 2 aromatic rings. The van der Waals surface area contributed by atoms with E-state index >= 15 is 0 Å². The number of benzene rings is 1. The van der Waals surface area contributed by atoms with E-state index in [1.807, 2.05) is 0 Å². The van der Waals surface area contributed by atoms with E-state index in [9.17, 15) is 13.2 Å². The van der Waals surface area contributed by atoms with Crippen molar-refractivity contribution in [3.63, 3.8) is 0 Å². The molecule has 0 saturated heterocycles. The Labute approximate surface area is 82.1 Å². The first-order valence-electron chi connectivity index (χ1n) is 4.09. The Balaban J connectivity index is 2.45. The lowest BCUT2D eigenvalue weighted by molar-refractivity contribution is -0.212. The molecule has 1 aromatic carbocycles. The lowest BCUT2D eigenvalue weighted by Crippen LogP contribution is -2.20. The fraction of sp³-hybridized carbons (Fsp3) is 0.222. The molecule has 0 aliphatic heterocycles. The molecule has 0 aliphatic carbocycles. The first kappa shape index (κ1) is 9.97. The summed E-state index contributed by atoms with van der Waals surface area (Å²) in [5, 5.41) is 8.88. The van der Waals surface area contributed by atoms with E-state index in [0.717, 1.165) is 0 Å². The van der Waals surface area contributed by atoms with Gasteiger partial charge in [-0.3, -0.25) is 0 Å². The number of oxazole rings is 1. The zero-order valence-electron chi connectivity index (χ0n) is 7.32. The third-order valence-corrected chi connectivity index (χ3v) is 1.85. The number of rotatable bonds is 1. The second-order valence-electron chi connectivity index (χ2n) is 2.96. The Hall–Kier alpha value is -1.56. The molecule has 1 unspecified atom stereocenters. The molecule has 15 heavy (non-hydrogen) atoms. The van der Waals surface area contributed by atoms with Crippen LogP contribution in [0.3, 0.4) is 0 Å². The van der Waals surface area contributed by atoms with Crippen molar-refractivity contribution in [1.82, 2.24) is 4.98 Å². The third kappa shape index (κ3) is 1.80. The number of hydrogen-bond donors (Lipinski definition) is 1. The van der Waals surface area contributed by atoms with Gasteiger partial charge in [-0.25, -0.2) is 4.98 Å². The molecular weight excluding hydrogens is 211 g/mol. The number of hydrogen-bond acceptors (Lipinski definition) is 3. The molecule has 1 aromatic heterocycles. The molecule has 0 aliphatic rings. The van der Waals surface area contributed by atoms with Crippen LogP contribution in [0, 0.1) is 0 Å². The molecule has 6 heteroatoms. The first-order chi connectivity index (χ1) is 6.98. The topological polar surface area (TPSA) is 46.3 Å². The number of halogens is 3. The Kier molecular flexibility index (Phi) is 2.15. The van der Waals surface area contributed by atoms with Gasteiger partial charge in [-0.05, 0) is 12.1 Å². The van der Waals surface area contributed by atoms with Crippen molar-refractivity contribution in [2.24, 2.45) is 0 Å². The fourth-order valence-corrected chi connectivity index (χ4v) is 1.15. The molecule has 1 heterocycles. The molecule has 0 amide bonds. The molecule has 1 atom stereocenters. The molecular formula is C9H6F3NO2. The zero-order chi connectivity index (χ0) is 11.1. The highest BCUT2D eigenvalue weighted by Crippen LogP contribution is 2.33. The van der Waals surface area contributed by atoms with E-state index in [1.165, 1.54) is 12.1 Å². The quantitative estimate of drug-likeness (QED) is 0.797. The van der Waals surface area contributed by atoms with E-state index in [-0.39, 0.29) is 11.1 Å². The first-order valence-corrected chi connectivity index (χ1v) is 4.09. The maximum absolute atomic E-state index is 12.1. The summed E-state index contributed by atoms with van der Waals surface area (Å²) in [6.07, 6.45) is -7.44. The Morgan fingerprint density at radius 1 is 1.27 bits per heavy atom. The fourth-order valence-electron chi connectivity index (χ4n) is 1.15. The molecule has 0 spiro atoms. The minimum absolute atomic E-state index is 0.218. The molecule has 1 N–H and O–H groups in total. The maximum atomic E-state index is 12.1. The van der Waals surface area contributed by atoms with Gasteiger partial charge in [0.05, 0.1) is 0 Å². The van der Waals surface area contributed by atoms with Crippen LogP contribution in [0.4, 0.5) is 13.2 Å². The van der Waals surface area contributed by atoms with Crippen LogP contribution in [0.2, 0.25) is 0 Å². The van der Waals surface area contributed by atoms with Gasteiger partial charge in [0, 0.05) is 0 Å². The van der Waals surface area contributed by atoms with Crippen molar-refractivity contribution in [3.05, 3.63) is 30.2 Å². The molecule has 0 bridgehead atoms. The van der Waals surface area contributed by atoms with Crippen molar-refractivity contribution in [1.29, 1.82) is 0 Å². The molecule has 0 fully saturated rings. The van der Waals surface area contributed by atoms with Crippen LogP contribution < -0.4 is 0 Å². The van der Waals surface area contributed by atoms with E-state index in [4.69, 9.17) is 9.52 Å². The van der Waals surface area contributed by atoms with Gasteiger partial charge in [-0.2, -0.15) is 13.2 Å². The normalized spacial score (nSPS) is 14.4. The van der Waals surface area contributed by atoms with Crippen molar-refractivity contribution >= 4 is 11.1 Å². The highest BCUT2D eigenvalue weighted by atomic mass is 19.4. The molecule has 80 valence electrons. The van der Waals surface area contributed by atoms with Crippen molar-refractivity contribution < 1.29 is 22.7 Å². The molecule has 0 radical (unpaired) electrons. The minimum Gasteiger partial charge on any atom is -0.437 e. The second kappa shape index (κ2) is 3.23. The van der Waals surface area contributed by atoms with Crippen LogP contribution in [0.5, 0.6) is 0 Å². The number of fused-ring (bicyclic) bond motifs is 1. The Morgan fingerprint density at radius 2 is 1.93 bits per heavy atom. The monoisotopic (exact) mass is 217 g/mol. The summed E-state index contributed by atoms with van der Waals surface area (Å²) >= 11 is 0. The Morgan fingerprint density at radius 3 is 2.53 bits per heavy atom. The summed E-state index contributed by atoms with van der Waals surface area (Å²) in [6.45, 7) is 0. The number of aliphatic hydroxyl groups is 1. The van der Waals surface area contributed by atoms with E-state index in [0.29, 0.717) is 0 Å². The van der Waals surface area contributed by atoms with Crippen LogP contribution in [0.1, 0.15) is 12.0 Å². The van der Waals surface area contributed by atoms with Crippen LogP contribution in [0.25, 0.3) is 11.1 Å². The predicted octanol–water partition coefficient (Wildman–Crippen LogP) is 2.42. The lowest BCUT2D eigenvalue weighted by Gasteiger charge is -2.09. The van der Waals surface area contributed by atoms with Crippen molar-refractivity contribution in [3.8, 4) is 0 Å². The minimum atomic E-state index is -4.76. The van der Waals surface area contributed by atoms with Gasteiger partial charge in [0.15, 0.2) is 5.58 Å². The smallest absolute Gasteiger partial charge is 0.423 e. The van der Waals surface area contributed by atoms with Gasteiger partial charge in [0.1, 0.15) is 5.52 Å². The molecule has 3 nitrogen and oxygen atoms in total. The summed E-state index contributed by atoms with van der Waals surface area (Å²) in [4.78, 5) is 3.54. The summed E-state index contributed by atoms with van der Waals surface area (Å²) < 4.78 is 41.1. The lowest BCUT2D eigenvalue weighted by atomic mass is 10.3. The predicted molar refractivity (Wildman–Crippen MR) is 45.0 cm³/mol. The average molecular weight is 217 g/mol. The largest absolute Gasteiger partial charge is 0.437 e. The third-order valence-electron chi connectivity index (χ3n) is 1.85. The highest BCUT2D eigenvalue weighted by molar-refractivity contribution is 5.72. The molecule has 0 saturated carbocycles. The van der Waals surface area contributed by atoms with Crippen LogP contribution in [-0.2, 0) is 0 Å². The summed E-state index contributed by atoms with van der Waals surface area (Å²) in [5.74, 6) is -0.733. The van der Waals surface area contributed by atoms with Crippen LogP contribution in [0.15, 0.2) is 28.7 Å². The second-order valence-corrected chi connectivity index (χ2v) is 2.96. The van der Waals surface area contributed by atoms with Gasteiger partial charge in [-0.15, -0.1) is 0 Å². The average Bonchev–Trinajstić information content (AvgIpc) is 2.58. The number of nitrogens with zero attached hydrogens (tertiary/aromatic N) is 1. The van der Waals surface area contributed by atoms with Crippen LogP contribution >= 0.6 is 0 Å². The SMILES string of the molecule is OC(c1nc2ccccc2o1)C(F)(F)F. The van der Waals surface area contributed by atoms with Crippen molar-refractivity contribution in [2.75, 3.05) is 0 Å². The summed E-state index contributed by atoms with van der Waals surface area (Å²) in [7, 11) is 0. The zero-order valence-corrected chi connectivity index (χ0v) is 7.32.